The number of carbonyl (C=O) groups excluding carboxylic acids is 3. The van der Waals surface area contributed by atoms with E-state index in [4.69, 9.17) is 9.84 Å². The highest BCUT2D eigenvalue weighted by Gasteiger charge is 2.44. The Kier molecular flexibility index (Phi) is 6.70. The molecule has 1 fully saturated rings. The van der Waals surface area contributed by atoms with Gasteiger partial charge in [0.2, 0.25) is 5.91 Å². The summed E-state index contributed by atoms with van der Waals surface area (Å²) in [5, 5.41) is 18.6. The van der Waals surface area contributed by atoms with Crippen molar-refractivity contribution in [3.8, 4) is 0 Å². The molecule has 23 heavy (non-hydrogen) atoms. The Morgan fingerprint density at radius 3 is 2.48 bits per heavy atom. The van der Waals surface area contributed by atoms with Gasteiger partial charge < -0.3 is 19.8 Å². The van der Waals surface area contributed by atoms with Gasteiger partial charge in [0.05, 0.1) is 6.61 Å². The average Bonchev–Trinajstić information content (AvgIpc) is 2.81. The number of likely N-dealkylation sites (tertiary alicyclic amines) is 1. The molecule has 1 aliphatic rings. The van der Waals surface area contributed by atoms with Crippen molar-refractivity contribution in [2.45, 2.75) is 52.2 Å². The summed E-state index contributed by atoms with van der Waals surface area (Å²) in [4.78, 5) is 38.0. The third-order valence-corrected chi connectivity index (χ3v) is 3.81. The van der Waals surface area contributed by atoms with E-state index in [1.807, 2.05) is 13.8 Å². The predicted octanol–water partition coefficient (Wildman–Crippen LogP) is 0.125. The molecule has 2 atom stereocenters. The quantitative estimate of drug-likeness (QED) is 0.613. The first-order chi connectivity index (χ1) is 10.6. The fourth-order valence-corrected chi connectivity index (χ4v) is 2.75. The molecule has 1 heterocycles. The summed E-state index contributed by atoms with van der Waals surface area (Å²) in [6.07, 6.45) is 0.407. The van der Waals surface area contributed by atoms with Crippen molar-refractivity contribution in [1.82, 2.24) is 4.90 Å². The molecular weight excluding hydrogens is 302 g/mol. The summed E-state index contributed by atoms with van der Waals surface area (Å²) in [6.45, 7) is 6.33. The summed E-state index contributed by atoms with van der Waals surface area (Å²) in [5.74, 6) is -1.74. The van der Waals surface area contributed by atoms with Gasteiger partial charge in [-0.25, -0.2) is 4.79 Å². The topological polar surface area (TPSA) is 104 Å². The molecule has 1 rings (SSSR count). The number of Topliss-reactive ketones (excluding diaryl/α,β-unsaturated/α-hetero) is 1. The van der Waals surface area contributed by atoms with E-state index >= 15 is 0 Å². The summed E-state index contributed by atoms with van der Waals surface area (Å²) in [6, 6.07) is -0.770. The van der Waals surface area contributed by atoms with Gasteiger partial charge in [0.15, 0.2) is 5.78 Å². The zero-order valence-electron chi connectivity index (χ0n) is 14.2. The fourth-order valence-electron chi connectivity index (χ4n) is 2.75. The zero-order chi connectivity index (χ0) is 17.8. The fraction of sp³-hybridized carbons (Fsp3) is 0.812. The van der Waals surface area contributed by atoms with Gasteiger partial charge in [-0.15, -0.1) is 0 Å². The number of esters is 1. The number of hydrogen-bond acceptors (Lipinski definition) is 6. The SMILES string of the molecule is CC(C)CC(C(=O)OCCO)N1CC(C(=O)C(C)(C)O)CC1=O. The van der Waals surface area contributed by atoms with Gasteiger partial charge in [-0.3, -0.25) is 9.59 Å². The van der Waals surface area contributed by atoms with Crippen molar-refractivity contribution in [3.63, 3.8) is 0 Å². The van der Waals surface area contributed by atoms with E-state index in [0.29, 0.717) is 6.42 Å². The number of aliphatic hydroxyl groups excluding tert-OH is 1. The van der Waals surface area contributed by atoms with E-state index in [2.05, 4.69) is 0 Å². The first-order valence-corrected chi connectivity index (χ1v) is 7.91. The standard InChI is InChI=1S/C16H27NO6/c1-10(2)7-12(15(21)23-6-5-18)17-9-11(8-13(17)19)14(20)16(3,4)22/h10-12,18,22H,5-9H2,1-4H3. The van der Waals surface area contributed by atoms with Crippen LogP contribution in [0.2, 0.25) is 0 Å². The number of aliphatic hydroxyl groups is 2. The normalized spacial score (nSPS) is 20.0. The van der Waals surface area contributed by atoms with Crippen molar-refractivity contribution in [2.24, 2.45) is 11.8 Å². The van der Waals surface area contributed by atoms with Crippen LogP contribution >= 0.6 is 0 Å². The molecule has 0 bridgehead atoms. The highest BCUT2D eigenvalue weighted by molar-refractivity contribution is 5.96. The third-order valence-electron chi connectivity index (χ3n) is 3.81. The van der Waals surface area contributed by atoms with Crippen LogP contribution in [0.5, 0.6) is 0 Å². The van der Waals surface area contributed by atoms with Gasteiger partial charge in [-0.1, -0.05) is 13.8 Å². The molecule has 0 aromatic heterocycles. The monoisotopic (exact) mass is 329 g/mol. The van der Waals surface area contributed by atoms with Gasteiger partial charge in [0.1, 0.15) is 18.2 Å². The van der Waals surface area contributed by atoms with Crippen molar-refractivity contribution in [3.05, 3.63) is 0 Å². The number of carbonyl (C=O) groups is 3. The molecule has 0 radical (unpaired) electrons. The lowest BCUT2D eigenvalue weighted by molar-refractivity contribution is -0.155. The number of nitrogens with zero attached hydrogens (tertiary/aromatic N) is 1. The van der Waals surface area contributed by atoms with Crippen LogP contribution in [0.25, 0.3) is 0 Å². The van der Waals surface area contributed by atoms with Gasteiger partial charge >= 0.3 is 5.97 Å². The summed E-state index contributed by atoms with van der Waals surface area (Å²) in [5.41, 5.74) is -1.51. The zero-order valence-corrected chi connectivity index (χ0v) is 14.2. The molecule has 7 nitrogen and oxygen atoms in total. The van der Waals surface area contributed by atoms with Crippen LogP contribution < -0.4 is 0 Å². The predicted molar refractivity (Wildman–Crippen MR) is 82.4 cm³/mol. The summed E-state index contributed by atoms with van der Waals surface area (Å²) in [7, 11) is 0. The van der Waals surface area contributed by atoms with Gasteiger partial charge in [0.25, 0.3) is 0 Å². The Balaban J connectivity index is 2.88. The first kappa shape index (κ1) is 19.6. The number of ketones is 1. The maximum Gasteiger partial charge on any atom is 0.328 e. The second kappa shape index (κ2) is 7.88. The van der Waals surface area contributed by atoms with Crippen molar-refractivity contribution in [1.29, 1.82) is 0 Å². The molecule has 0 aromatic carbocycles. The highest BCUT2D eigenvalue weighted by atomic mass is 16.5. The molecule has 0 aliphatic carbocycles. The number of ether oxygens (including phenoxy) is 1. The molecule has 0 saturated carbocycles. The Bertz CT molecular complexity index is 454. The Morgan fingerprint density at radius 1 is 1.39 bits per heavy atom. The van der Waals surface area contributed by atoms with Crippen LogP contribution in [0, 0.1) is 11.8 Å². The molecule has 1 saturated heterocycles. The van der Waals surface area contributed by atoms with E-state index in [-0.39, 0.29) is 38.0 Å². The largest absolute Gasteiger partial charge is 0.462 e. The lowest BCUT2D eigenvalue weighted by atomic mass is 9.91. The summed E-state index contributed by atoms with van der Waals surface area (Å²) < 4.78 is 4.96. The van der Waals surface area contributed by atoms with E-state index in [1.165, 1.54) is 18.7 Å². The van der Waals surface area contributed by atoms with Gasteiger partial charge in [-0.2, -0.15) is 0 Å². The molecule has 132 valence electrons. The van der Waals surface area contributed by atoms with Crippen LogP contribution in [-0.4, -0.2) is 64.2 Å². The van der Waals surface area contributed by atoms with E-state index < -0.39 is 29.3 Å². The van der Waals surface area contributed by atoms with Crippen LogP contribution in [-0.2, 0) is 19.1 Å². The minimum absolute atomic E-state index is 0.00923. The molecular formula is C16H27NO6. The van der Waals surface area contributed by atoms with Gasteiger partial charge in [0, 0.05) is 18.9 Å². The molecule has 1 amide bonds. The molecule has 0 spiro atoms. The number of rotatable bonds is 8. The van der Waals surface area contributed by atoms with Crippen molar-refractivity contribution >= 4 is 17.7 Å². The third kappa shape index (κ3) is 5.28. The average molecular weight is 329 g/mol. The number of hydrogen-bond donors (Lipinski definition) is 2. The maximum absolute atomic E-state index is 12.3. The molecule has 7 heteroatoms. The minimum atomic E-state index is -1.51. The molecule has 2 unspecified atom stereocenters. The second-order valence-electron chi connectivity index (χ2n) is 6.91. The first-order valence-electron chi connectivity index (χ1n) is 7.91. The van der Waals surface area contributed by atoms with Gasteiger partial charge in [-0.05, 0) is 26.2 Å². The lowest BCUT2D eigenvalue weighted by Crippen LogP contribution is -2.45. The van der Waals surface area contributed by atoms with Crippen LogP contribution in [0.4, 0.5) is 0 Å². The smallest absolute Gasteiger partial charge is 0.328 e. The van der Waals surface area contributed by atoms with Crippen LogP contribution in [0.15, 0.2) is 0 Å². The van der Waals surface area contributed by atoms with Crippen LogP contribution in [0.1, 0.15) is 40.5 Å². The Hall–Kier alpha value is -1.47. The Labute approximate surface area is 136 Å². The van der Waals surface area contributed by atoms with Crippen molar-refractivity contribution < 1.29 is 29.3 Å². The van der Waals surface area contributed by atoms with E-state index in [9.17, 15) is 19.5 Å². The summed E-state index contributed by atoms with van der Waals surface area (Å²) >= 11 is 0. The second-order valence-corrected chi connectivity index (χ2v) is 6.91. The van der Waals surface area contributed by atoms with E-state index in [1.54, 1.807) is 0 Å². The van der Waals surface area contributed by atoms with Crippen LogP contribution in [0.3, 0.4) is 0 Å². The molecule has 2 N–H and O–H groups in total. The molecule has 0 aromatic rings. The maximum atomic E-state index is 12.3. The Morgan fingerprint density at radius 2 is 2.00 bits per heavy atom. The van der Waals surface area contributed by atoms with E-state index in [0.717, 1.165) is 0 Å². The number of amides is 1. The minimum Gasteiger partial charge on any atom is -0.462 e. The molecule has 1 aliphatic heterocycles. The van der Waals surface area contributed by atoms with Crippen molar-refractivity contribution in [2.75, 3.05) is 19.8 Å². The lowest BCUT2D eigenvalue weighted by Gasteiger charge is -2.28. The highest BCUT2D eigenvalue weighted by Crippen LogP contribution is 2.27.